The first-order valence-corrected chi connectivity index (χ1v) is 12.7. The van der Waals surface area contributed by atoms with Crippen molar-refractivity contribution in [3.8, 4) is 0 Å². The van der Waals surface area contributed by atoms with Crippen molar-refractivity contribution in [1.29, 1.82) is 0 Å². The smallest absolute Gasteiger partial charge is 0.322 e. The number of aryl methyl sites for hydroxylation is 3. The first-order valence-electron chi connectivity index (χ1n) is 10.6. The molecule has 5 rings (SSSR count). The number of imidazole rings is 1. The Morgan fingerprint density at radius 1 is 1.06 bits per heavy atom. The topological polar surface area (TPSA) is 116 Å². The molecule has 0 atom stereocenters. The Kier molecular flexibility index (Phi) is 6.02. The normalized spacial score (nSPS) is 11.6. The highest BCUT2D eigenvalue weighted by atomic mass is 127. The third-order valence-electron chi connectivity index (χ3n) is 5.46. The number of aromatic nitrogens is 8. The van der Waals surface area contributed by atoms with Crippen LogP contribution in [0, 0.1) is 17.4 Å². The molecule has 4 heterocycles. The summed E-state index contributed by atoms with van der Waals surface area (Å²) in [6.07, 6.45) is 0. The lowest BCUT2D eigenvalue weighted by Gasteiger charge is -2.07. The monoisotopic (exact) mass is 588 g/mol. The van der Waals surface area contributed by atoms with E-state index in [1.54, 1.807) is 4.52 Å². The van der Waals surface area contributed by atoms with E-state index in [1.165, 1.54) is 16.3 Å². The molecule has 12 heteroatoms. The van der Waals surface area contributed by atoms with Crippen LogP contribution in [0.1, 0.15) is 29.7 Å². The van der Waals surface area contributed by atoms with Crippen molar-refractivity contribution in [2.45, 2.75) is 44.8 Å². The molecule has 0 saturated carbocycles. The molecular formula is C22H21IN8O2S. The zero-order valence-electron chi connectivity index (χ0n) is 18.7. The van der Waals surface area contributed by atoms with E-state index in [1.807, 2.05) is 55.7 Å². The predicted octanol–water partition coefficient (Wildman–Crippen LogP) is 2.91. The molecule has 4 aromatic heterocycles. The van der Waals surface area contributed by atoms with Crippen LogP contribution in [-0.4, -0.2) is 38.7 Å². The molecule has 0 bridgehead atoms. The van der Waals surface area contributed by atoms with Crippen LogP contribution in [0.3, 0.4) is 0 Å². The Hall–Kier alpha value is -3.00. The van der Waals surface area contributed by atoms with Gasteiger partial charge in [0, 0.05) is 21.5 Å². The van der Waals surface area contributed by atoms with Gasteiger partial charge in [0.1, 0.15) is 5.82 Å². The first kappa shape index (κ1) is 22.8. The molecule has 174 valence electrons. The number of fused-ring (bicyclic) bond motifs is 2. The van der Waals surface area contributed by atoms with Gasteiger partial charge in [0.15, 0.2) is 11.2 Å². The SMILES string of the molecule is CCn1c(CSc2nc3nc(C)cc(C)n3n2)nc2c1c(=O)[nH]c(=O)n2Cc1ccc(I)cc1. The minimum Gasteiger partial charge on any atom is -0.322 e. The molecule has 0 fully saturated rings. The molecule has 0 unspecified atom stereocenters. The number of hydrogen-bond donors (Lipinski definition) is 1. The Labute approximate surface area is 211 Å². The minimum absolute atomic E-state index is 0.314. The second kappa shape index (κ2) is 8.98. The maximum Gasteiger partial charge on any atom is 0.330 e. The van der Waals surface area contributed by atoms with E-state index in [-0.39, 0.29) is 0 Å². The zero-order chi connectivity index (χ0) is 24.0. The summed E-state index contributed by atoms with van der Waals surface area (Å²) in [5, 5.41) is 5.11. The predicted molar refractivity (Wildman–Crippen MR) is 138 cm³/mol. The number of halogens is 1. The summed E-state index contributed by atoms with van der Waals surface area (Å²) in [7, 11) is 0. The first-order chi connectivity index (χ1) is 16.3. The quantitative estimate of drug-likeness (QED) is 0.240. The molecule has 0 saturated heterocycles. The lowest BCUT2D eigenvalue weighted by atomic mass is 10.2. The van der Waals surface area contributed by atoms with Crippen molar-refractivity contribution in [3.05, 3.63) is 77.5 Å². The van der Waals surface area contributed by atoms with Gasteiger partial charge in [0.05, 0.1) is 12.3 Å². The minimum atomic E-state index is -0.477. The number of nitrogens with zero attached hydrogens (tertiary/aromatic N) is 7. The fourth-order valence-electron chi connectivity index (χ4n) is 3.93. The van der Waals surface area contributed by atoms with Crippen LogP contribution >= 0.6 is 34.4 Å². The van der Waals surface area contributed by atoms with Gasteiger partial charge in [-0.2, -0.15) is 4.98 Å². The highest BCUT2D eigenvalue weighted by molar-refractivity contribution is 14.1. The summed E-state index contributed by atoms with van der Waals surface area (Å²) in [4.78, 5) is 41.5. The molecule has 0 radical (unpaired) electrons. The third-order valence-corrected chi connectivity index (χ3v) is 7.02. The van der Waals surface area contributed by atoms with E-state index in [9.17, 15) is 9.59 Å². The Morgan fingerprint density at radius 3 is 2.56 bits per heavy atom. The lowest BCUT2D eigenvalue weighted by molar-refractivity contribution is 0.736. The van der Waals surface area contributed by atoms with Crippen LogP contribution < -0.4 is 11.2 Å². The van der Waals surface area contributed by atoms with E-state index in [0.717, 1.165) is 20.5 Å². The molecule has 0 aliphatic rings. The molecule has 1 aromatic carbocycles. The maximum absolute atomic E-state index is 12.7. The van der Waals surface area contributed by atoms with Crippen LogP contribution in [-0.2, 0) is 18.8 Å². The molecule has 34 heavy (non-hydrogen) atoms. The van der Waals surface area contributed by atoms with Gasteiger partial charge in [-0.15, -0.1) is 5.10 Å². The number of rotatable bonds is 6. The largest absolute Gasteiger partial charge is 0.330 e. The summed E-state index contributed by atoms with van der Waals surface area (Å²) >= 11 is 3.65. The molecule has 0 spiro atoms. The van der Waals surface area contributed by atoms with Crippen molar-refractivity contribution in [3.63, 3.8) is 0 Å². The average molecular weight is 588 g/mol. The second-order valence-electron chi connectivity index (χ2n) is 7.85. The summed E-state index contributed by atoms with van der Waals surface area (Å²) in [5.74, 6) is 1.66. The molecular weight excluding hydrogens is 567 g/mol. The van der Waals surface area contributed by atoms with Crippen LogP contribution in [0.5, 0.6) is 0 Å². The van der Waals surface area contributed by atoms with Gasteiger partial charge in [-0.05, 0) is 67.1 Å². The van der Waals surface area contributed by atoms with E-state index in [0.29, 0.717) is 46.8 Å². The van der Waals surface area contributed by atoms with Gasteiger partial charge >= 0.3 is 5.69 Å². The summed E-state index contributed by atoms with van der Waals surface area (Å²) in [5.41, 5.74) is 2.63. The Morgan fingerprint density at radius 2 is 1.82 bits per heavy atom. The van der Waals surface area contributed by atoms with E-state index in [2.05, 4.69) is 42.6 Å². The van der Waals surface area contributed by atoms with Crippen LogP contribution in [0.2, 0.25) is 0 Å². The molecule has 0 amide bonds. The van der Waals surface area contributed by atoms with Crippen molar-refractivity contribution in [2.24, 2.45) is 0 Å². The highest BCUT2D eigenvalue weighted by Gasteiger charge is 2.19. The Bertz CT molecular complexity index is 1650. The van der Waals surface area contributed by atoms with Crippen molar-refractivity contribution < 1.29 is 0 Å². The molecule has 1 N–H and O–H groups in total. The van der Waals surface area contributed by atoms with E-state index in [4.69, 9.17) is 4.98 Å². The number of aromatic amines is 1. The third kappa shape index (κ3) is 4.15. The van der Waals surface area contributed by atoms with Gasteiger partial charge in [0.25, 0.3) is 11.3 Å². The van der Waals surface area contributed by atoms with Crippen molar-refractivity contribution in [2.75, 3.05) is 0 Å². The summed E-state index contributed by atoms with van der Waals surface area (Å²) in [6.45, 7) is 6.68. The Balaban J connectivity index is 1.53. The number of H-pyrrole nitrogens is 1. The summed E-state index contributed by atoms with van der Waals surface area (Å²) < 4.78 is 6.17. The van der Waals surface area contributed by atoms with Crippen LogP contribution in [0.25, 0.3) is 16.9 Å². The molecule has 0 aliphatic carbocycles. The van der Waals surface area contributed by atoms with Gasteiger partial charge in [-0.25, -0.2) is 19.3 Å². The van der Waals surface area contributed by atoms with Crippen LogP contribution in [0.15, 0.2) is 45.1 Å². The van der Waals surface area contributed by atoms with Gasteiger partial charge in [-0.3, -0.25) is 14.3 Å². The zero-order valence-corrected chi connectivity index (χ0v) is 21.7. The van der Waals surface area contributed by atoms with Crippen LogP contribution in [0.4, 0.5) is 0 Å². The lowest BCUT2D eigenvalue weighted by Crippen LogP contribution is -2.31. The van der Waals surface area contributed by atoms with E-state index >= 15 is 0 Å². The highest BCUT2D eigenvalue weighted by Crippen LogP contribution is 2.22. The van der Waals surface area contributed by atoms with Crippen molar-refractivity contribution in [1.82, 2.24) is 38.7 Å². The van der Waals surface area contributed by atoms with Gasteiger partial charge in [0.2, 0.25) is 5.16 Å². The number of nitrogens with one attached hydrogen (secondary N) is 1. The fourth-order valence-corrected chi connectivity index (χ4v) is 5.05. The number of thioether (sulfide) groups is 1. The number of benzene rings is 1. The van der Waals surface area contributed by atoms with Gasteiger partial charge < -0.3 is 4.57 Å². The second-order valence-corrected chi connectivity index (χ2v) is 10.0. The van der Waals surface area contributed by atoms with Crippen molar-refractivity contribution >= 4 is 51.3 Å². The fraction of sp³-hybridized carbons (Fsp3) is 0.273. The molecule has 5 aromatic rings. The molecule has 10 nitrogen and oxygen atoms in total. The number of hydrogen-bond acceptors (Lipinski definition) is 7. The summed E-state index contributed by atoms with van der Waals surface area (Å²) in [6, 6.07) is 9.84. The van der Waals surface area contributed by atoms with Gasteiger partial charge in [-0.1, -0.05) is 23.9 Å². The maximum atomic E-state index is 12.7. The average Bonchev–Trinajstić information content (AvgIpc) is 3.37. The van der Waals surface area contributed by atoms with E-state index < -0.39 is 11.2 Å². The standard InChI is InChI=1S/C22H21IN8O2S/c1-4-29-16(11-34-21-27-20-24-12(2)9-13(3)31(20)28-21)25-18-17(29)19(32)26-22(33)30(18)10-14-5-7-15(23)8-6-14/h5-9H,4,10-11H2,1-3H3,(H,26,32,33). The molecule has 0 aliphatic heterocycles.